The largest absolute Gasteiger partial charge is 0.467 e. The van der Waals surface area contributed by atoms with Crippen LogP contribution in [-0.4, -0.2) is 13.4 Å². The van der Waals surface area contributed by atoms with E-state index in [0.717, 1.165) is 28.3 Å². The highest BCUT2D eigenvalue weighted by Crippen LogP contribution is 2.30. The summed E-state index contributed by atoms with van der Waals surface area (Å²) in [4.78, 5) is 0. The van der Waals surface area contributed by atoms with Gasteiger partial charge in [-0.05, 0) is 37.8 Å². The van der Waals surface area contributed by atoms with E-state index in [1.54, 1.807) is 0 Å². The van der Waals surface area contributed by atoms with Gasteiger partial charge in [-0.1, -0.05) is 22.0 Å². The fourth-order valence-electron chi connectivity index (χ4n) is 1.61. The summed E-state index contributed by atoms with van der Waals surface area (Å²) in [5.74, 6) is 1.55. The molecule has 0 amide bonds. The Morgan fingerprint density at radius 3 is 2.88 bits per heavy atom. The van der Waals surface area contributed by atoms with Crippen molar-refractivity contribution >= 4 is 15.9 Å². The van der Waals surface area contributed by atoms with E-state index in [1.807, 2.05) is 25.1 Å². The van der Waals surface area contributed by atoms with Crippen LogP contribution in [0.2, 0.25) is 0 Å². The second kappa shape index (κ2) is 5.85. The summed E-state index contributed by atoms with van der Waals surface area (Å²) in [7, 11) is 0. The molecule has 0 aromatic heterocycles. The maximum atomic E-state index is 5.89. The van der Waals surface area contributed by atoms with Crippen LogP contribution in [-0.2, 0) is 4.74 Å². The molecule has 1 fully saturated rings. The molecule has 4 heteroatoms. The molecule has 1 aromatic carbocycles. The number of hydrogen-bond donors (Lipinski definition) is 1. The first-order valence-corrected chi connectivity index (χ1v) is 6.71. The summed E-state index contributed by atoms with van der Waals surface area (Å²) in [6.07, 6.45) is 2.59. The summed E-state index contributed by atoms with van der Waals surface area (Å²) in [5.41, 5.74) is 6.89. The van der Waals surface area contributed by atoms with E-state index in [-0.39, 0.29) is 6.04 Å². The molecular formula is C13H18BrNO2. The Morgan fingerprint density at radius 2 is 2.24 bits per heavy atom. The van der Waals surface area contributed by atoms with Crippen LogP contribution in [0.5, 0.6) is 5.75 Å². The van der Waals surface area contributed by atoms with Gasteiger partial charge in [0.05, 0.1) is 6.61 Å². The molecule has 0 bridgehead atoms. The van der Waals surface area contributed by atoms with Gasteiger partial charge in [-0.25, -0.2) is 0 Å². The van der Waals surface area contributed by atoms with Crippen molar-refractivity contribution in [3.8, 4) is 5.75 Å². The summed E-state index contributed by atoms with van der Waals surface area (Å²) in [6.45, 7) is 3.05. The lowest BCUT2D eigenvalue weighted by Gasteiger charge is -2.14. The number of hydrogen-bond acceptors (Lipinski definition) is 3. The first-order chi connectivity index (χ1) is 8.16. The maximum Gasteiger partial charge on any atom is 0.189 e. The van der Waals surface area contributed by atoms with Crippen LogP contribution >= 0.6 is 15.9 Å². The normalized spacial score (nSPS) is 16.9. The van der Waals surface area contributed by atoms with Crippen molar-refractivity contribution in [2.45, 2.75) is 25.8 Å². The molecular weight excluding hydrogens is 282 g/mol. The molecule has 94 valence electrons. The van der Waals surface area contributed by atoms with E-state index in [2.05, 4.69) is 15.9 Å². The highest BCUT2D eigenvalue weighted by molar-refractivity contribution is 9.10. The Morgan fingerprint density at radius 1 is 1.47 bits per heavy atom. The zero-order chi connectivity index (χ0) is 12.3. The second-order valence-corrected chi connectivity index (χ2v) is 5.46. The minimum atomic E-state index is -0.0402. The van der Waals surface area contributed by atoms with E-state index in [1.165, 1.54) is 12.8 Å². The Bertz CT molecular complexity index is 378. The van der Waals surface area contributed by atoms with Crippen molar-refractivity contribution in [1.82, 2.24) is 0 Å². The number of rotatable bonds is 6. The van der Waals surface area contributed by atoms with Gasteiger partial charge in [0.2, 0.25) is 0 Å². The van der Waals surface area contributed by atoms with Crippen molar-refractivity contribution in [2.24, 2.45) is 11.7 Å². The van der Waals surface area contributed by atoms with E-state index in [9.17, 15) is 0 Å². The van der Waals surface area contributed by atoms with Crippen molar-refractivity contribution in [2.75, 3.05) is 13.4 Å². The molecule has 17 heavy (non-hydrogen) atoms. The number of halogens is 1. The molecule has 0 radical (unpaired) electrons. The highest BCUT2D eigenvalue weighted by atomic mass is 79.9. The molecule has 1 aromatic rings. The van der Waals surface area contributed by atoms with Gasteiger partial charge in [-0.3, -0.25) is 0 Å². The van der Waals surface area contributed by atoms with Crippen molar-refractivity contribution in [1.29, 1.82) is 0 Å². The highest BCUT2D eigenvalue weighted by Gasteiger charge is 2.21. The summed E-state index contributed by atoms with van der Waals surface area (Å²) in [6, 6.07) is 5.84. The Kier molecular flexibility index (Phi) is 4.42. The van der Waals surface area contributed by atoms with Crippen LogP contribution in [0.15, 0.2) is 22.7 Å². The third-order valence-corrected chi connectivity index (χ3v) is 3.31. The second-order valence-electron chi connectivity index (χ2n) is 4.55. The molecule has 0 saturated heterocycles. The van der Waals surface area contributed by atoms with Crippen LogP contribution in [0.3, 0.4) is 0 Å². The van der Waals surface area contributed by atoms with E-state index in [0.29, 0.717) is 6.79 Å². The molecule has 0 aliphatic heterocycles. The van der Waals surface area contributed by atoms with Gasteiger partial charge in [0.15, 0.2) is 6.79 Å². The van der Waals surface area contributed by atoms with Crippen LogP contribution in [0, 0.1) is 5.92 Å². The summed E-state index contributed by atoms with van der Waals surface area (Å²) < 4.78 is 12.1. The van der Waals surface area contributed by atoms with Crippen molar-refractivity contribution in [3.05, 3.63) is 28.2 Å². The predicted molar refractivity (Wildman–Crippen MR) is 70.9 cm³/mol. The Hall–Kier alpha value is -0.580. The summed E-state index contributed by atoms with van der Waals surface area (Å²) in [5, 5.41) is 0. The SMILES string of the molecule is C[C@@H](N)c1ccc(Br)cc1OCOCC1CC1. The molecule has 1 aliphatic carbocycles. The smallest absolute Gasteiger partial charge is 0.189 e. The molecule has 0 heterocycles. The Balaban J connectivity index is 1.89. The fraction of sp³-hybridized carbons (Fsp3) is 0.538. The van der Waals surface area contributed by atoms with E-state index >= 15 is 0 Å². The zero-order valence-corrected chi connectivity index (χ0v) is 11.6. The van der Waals surface area contributed by atoms with Gasteiger partial charge < -0.3 is 15.2 Å². The first kappa shape index (κ1) is 12.9. The van der Waals surface area contributed by atoms with Crippen LogP contribution < -0.4 is 10.5 Å². The van der Waals surface area contributed by atoms with Gasteiger partial charge >= 0.3 is 0 Å². The molecule has 2 N–H and O–H groups in total. The monoisotopic (exact) mass is 299 g/mol. The molecule has 1 atom stereocenters. The van der Waals surface area contributed by atoms with Gasteiger partial charge in [0.25, 0.3) is 0 Å². The molecule has 0 unspecified atom stereocenters. The van der Waals surface area contributed by atoms with Crippen molar-refractivity contribution in [3.63, 3.8) is 0 Å². The van der Waals surface area contributed by atoms with E-state index in [4.69, 9.17) is 15.2 Å². The van der Waals surface area contributed by atoms with Crippen LogP contribution in [0.4, 0.5) is 0 Å². The van der Waals surface area contributed by atoms with Crippen molar-refractivity contribution < 1.29 is 9.47 Å². The average Bonchev–Trinajstić information content (AvgIpc) is 3.08. The van der Waals surface area contributed by atoms with Gasteiger partial charge in [-0.15, -0.1) is 0 Å². The quantitative estimate of drug-likeness (QED) is 0.648. The number of benzene rings is 1. The predicted octanol–water partition coefficient (Wildman–Crippen LogP) is 3.23. The van der Waals surface area contributed by atoms with Gasteiger partial charge in [-0.2, -0.15) is 0 Å². The lowest BCUT2D eigenvalue weighted by molar-refractivity contribution is 0.00930. The minimum Gasteiger partial charge on any atom is -0.467 e. The molecule has 0 spiro atoms. The molecule has 1 aliphatic rings. The maximum absolute atomic E-state index is 5.89. The summed E-state index contributed by atoms with van der Waals surface area (Å²) >= 11 is 3.43. The first-order valence-electron chi connectivity index (χ1n) is 5.92. The van der Waals surface area contributed by atoms with Gasteiger partial charge in [0.1, 0.15) is 5.75 Å². The molecule has 2 rings (SSSR count). The molecule has 3 nitrogen and oxygen atoms in total. The third kappa shape index (κ3) is 3.98. The lowest BCUT2D eigenvalue weighted by Crippen LogP contribution is -2.10. The Labute approximate surface area is 110 Å². The van der Waals surface area contributed by atoms with Crippen LogP contribution in [0.25, 0.3) is 0 Å². The molecule has 1 saturated carbocycles. The minimum absolute atomic E-state index is 0.0402. The third-order valence-electron chi connectivity index (χ3n) is 2.81. The van der Waals surface area contributed by atoms with Crippen LogP contribution in [0.1, 0.15) is 31.4 Å². The van der Waals surface area contributed by atoms with E-state index < -0.39 is 0 Å². The van der Waals surface area contributed by atoms with Gasteiger partial charge in [0, 0.05) is 16.1 Å². The number of nitrogens with two attached hydrogens (primary N) is 1. The lowest BCUT2D eigenvalue weighted by atomic mass is 10.1. The standard InChI is InChI=1S/C13H18BrNO2/c1-9(15)12-5-4-11(14)6-13(12)17-8-16-7-10-2-3-10/h4-6,9-10H,2-3,7-8,15H2,1H3/t9-/m1/s1. The number of ether oxygens (including phenoxy) is 2. The average molecular weight is 300 g/mol. The topological polar surface area (TPSA) is 44.5 Å². The zero-order valence-electron chi connectivity index (χ0n) is 9.99. The fourth-order valence-corrected chi connectivity index (χ4v) is 1.95.